The molecule has 0 aromatic rings. The Morgan fingerprint density at radius 1 is 1.36 bits per heavy atom. The lowest BCUT2D eigenvalue weighted by molar-refractivity contribution is 0.331. The van der Waals surface area contributed by atoms with E-state index < -0.39 is 0 Å². The van der Waals surface area contributed by atoms with Crippen molar-refractivity contribution in [2.45, 2.75) is 51.6 Å². The van der Waals surface area contributed by atoms with Gasteiger partial charge >= 0.3 is 0 Å². The van der Waals surface area contributed by atoms with Gasteiger partial charge in [0.15, 0.2) is 5.11 Å². The summed E-state index contributed by atoms with van der Waals surface area (Å²) in [5, 5.41) is 4.41. The van der Waals surface area contributed by atoms with Crippen molar-refractivity contribution in [2.75, 3.05) is 6.54 Å². The van der Waals surface area contributed by atoms with Crippen LogP contribution in [-0.2, 0) is 0 Å². The summed E-state index contributed by atoms with van der Waals surface area (Å²) in [6.45, 7) is 5.61. The van der Waals surface area contributed by atoms with Gasteiger partial charge in [0.05, 0.1) is 0 Å². The number of nitrogens with zero attached hydrogens (tertiary/aromatic N) is 1. The van der Waals surface area contributed by atoms with Gasteiger partial charge in [0.25, 0.3) is 0 Å². The average Bonchev–Trinajstić information content (AvgIpc) is 2.94. The minimum atomic E-state index is 0.536. The number of rotatable bonds is 4. The summed E-state index contributed by atoms with van der Waals surface area (Å²) in [5.41, 5.74) is 0. The summed E-state index contributed by atoms with van der Waals surface area (Å²) in [7, 11) is 0. The van der Waals surface area contributed by atoms with Gasteiger partial charge in [0, 0.05) is 18.6 Å². The lowest BCUT2D eigenvalue weighted by Gasteiger charge is -2.29. The van der Waals surface area contributed by atoms with Gasteiger partial charge in [-0.3, -0.25) is 0 Å². The Balaban J connectivity index is 1.82. The molecule has 0 aromatic carbocycles. The lowest BCUT2D eigenvalue weighted by Crippen LogP contribution is -2.45. The van der Waals surface area contributed by atoms with Gasteiger partial charge in [0.2, 0.25) is 0 Å². The van der Waals surface area contributed by atoms with Crippen LogP contribution in [-0.4, -0.2) is 28.6 Å². The van der Waals surface area contributed by atoms with Crippen molar-refractivity contribution in [3.05, 3.63) is 0 Å². The molecule has 0 spiro atoms. The maximum absolute atomic E-state index is 5.43. The van der Waals surface area contributed by atoms with Gasteiger partial charge in [-0.1, -0.05) is 0 Å². The van der Waals surface area contributed by atoms with Crippen LogP contribution in [0.15, 0.2) is 0 Å². The van der Waals surface area contributed by atoms with Crippen LogP contribution in [0, 0.1) is 5.92 Å². The van der Waals surface area contributed by atoms with Crippen molar-refractivity contribution in [3.8, 4) is 0 Å². The Labute approximate surface area is 92.0 Å². The van der Waals surface area contributed by atoms with Gasteiger partial charge < -0.3 is 10.2 Å². The molecule has 2 saturated carbocycles. The highest BCUT2D eigenvalue weighted by Gasteiger charge is 2.29. The minimum Gasteiger partial charge on any atom is -0.360 e. The number of nitrogens with one attached hydrogen (secondary N) is 1. The fourth-order valence-electron chi connectivity index (χ4n) is 1.59. The Bertz CT molecular complexity index is 219. The molecule has 2 rings (SSSR count). The van der Waals surface area contributed by atoms with E-state index in [-0.39, 0.29) is 0 Å². The monoisotopic (exact) mass is 212 g/mol. The fraction of sp³-hybridized carbons (Fsp3) is 0.909. The first-order valence-corrected chi connectivity index (χ1v) is 6.15. The van der Waals surface area contributed by atoms with Crippen LogP contribution in [0.5, 0.6) is 0 Å². The molecule has 2 aliphatic carbocycles. The predicted molar refractivity (Wildman–Crippen MR) is 63.3 cm³/mol. The molecule has 2 fully saturated rings. The zero-order valence-corrected chi connectivity index (χ0v) is 9.94. The van der Waals surface area contributed by atoms with E-state index in [0.717, 1.165) is 17.6 Å². The smallest absolute Gasteiger partial charge is 0.169 e. The van der Waals surface area contributed by atoms with Crippen molar-refractivity contribution in [1.82, 2.24) is 10.2 Å². The second-order valence-corrected chi connectivity index (χ2v) is 5.30. The van der Waals surface area contributed by atoms with Gasteiger partial charge in [-0.2, -0.15) is 0 Å². The van der Waals surface area contributed by atoms with Gasteiger partial charge in [-0.15, -0.1) is 0 Å². The maximum atomic E-state index is 5.43. The SMILES string of the molecule is CC(C)N(CC1CC1)C(=S)NC1CC1. The summed E-state index contributed by atoms with van der Waals surface area (Å²) >= 11 is 5.43. The molecular formula is C11H20N2S. The van der Waals surface area contributed by atoms with Crippen molar-refractivity contribution >= 4 is 17.3 Å². The van der Waals surface area contributed by atoms with E-state index in [1.165, 1.54) is 25.7 Å². The summed E-state index contributed by atoms with van der Waals surface area (Å²) in [6, 6.07) is 1.22. The molecule has 1 N–H and O–H groups in total. The molecule has 2 aliphatic rings. The second-order valence-electron chi connectivity index (χ2n) is 4.91. The molecule has 2 nitrogen and oxygen atoms in total. The van der Waals surface area contributed by atoms with Gasteiger partial charge in [0.1, 0.15) is 0 Å². The van der Waals surface area contributed by atoms with Crippen LogP contribution in [0.25, 0.3) is 0 Å². The number of hydrogen-bond donors (Lipinski definition) is 1. The lowest BCUT2D eigenvalue weighted by atomic mass is 10.3. The van der Waals surface area contributed by atoms with E-state index >= 15 is 0 Å². The molecule has 0 aromatic heterocycles. The van der Waals surface area contributed by atoms with Crippen LogP contribution in [0.3, 0.4) is 0 Å². The minimum absolute atomic E-state index is 0.536. The molecule has 0 saturated heterocycles. The maximum Gasteiger partial charge on any atom is 0.169 e. The summed E-state index contributed by atoms with van der Waals surface area (Å²) in [6.07, 6.45) is 5.40. The van der Waals surface area contributed by atoms with E-state index in [1.807, 2.05) is 0 Å². The first-order chi connectivity index (χ1) is 6.66. The topological polar surface area (TPSA) is 15.3 Å². The molecule has 80 valence electrons. The largest absolute Gasteiger partial charge is 0.360 e. The molecule has 0 aliphatic heterocycles. The highest BCUT2D eigenvalue weighted by atomic mass is 32.1. The quantitative estimate of drug-likeness (QED) is 0.719. The Morgan fingerprint density at radius 2 is 2.00 bits per heavy atom. The highest BCUT2D eigenvalue weighted by Crippen LogP contribution is 2.30. The number of thiocarbonyl (C=S) groups is 1. The van der Waals surface area contributed by atoms with Gasteiger partial charge in [-0.05, 0) is 57.7 Å². The molecule has 0 unspecified atom stereocenters. The average molecular weight is 212 g/mol. The second kappa shape index (κ2) is 4.05. The molecule has 0 radical (unpaired) electrons. The third kappa shape index (κ3) is 2.84. The standard InChI is InChI=1S/C11H20N2S/c1-8(2)13(7-9-3-4-9)11(14)12-10-5-6-10/h8-10H,3-7H2,1-2H3,(H,12,14). The van der Waals surface area contributed by atoms with Gasteiger partial charge in [-0.25, -0.2) is 0 Å². The molecule has 0 bridgehead atoms. The zero-order valence-electron chi connectivity index (χ0n) is 9.12. The molecule has 3 heteroatoms. The van der Waals surface area contributed by atoms with Crippen LogP contribution >= 0.6 is 12.2 Å². The van der Waals surface area contributed by atoms with Crippen molar-refractivity contribution in [3.63, 3.8) is 0 Å². The first-order valence-electron chi connectivity index (χ1n) is 5.74. The van der Waals surface area contributed by atoms with Crippen molar-refractivity contribution in [2.24, 2.45) is 5.92 Å². The Hall–Kier alpha value is -0.310. The zero-order chi connectivity index (χ0) is 10.1. The van der Waals surface area contributed by atoms with Crippen LogP contribution in [0.1, 0.15) is 39.5 Å². The number of hydrogen-bond acceptors (Lipinski definition) is 1. The van der Waals surface area contributed by atoms with E-state index in [4.69, 9.17) is 12.2 Å². The third-order valence-electron chi connectivity index (χ3n) is 2.94. The summed E-state index contributed by atoms with van der Waals surface area (Å²) < 4.78 is 0. The molecule has 14 heavy (non-hydrogen) atoms. The highest BCUT2D eigenvalue weighted by molar-refractivity contribution is 7.80. The van der Waals surface area contributed by atoms with Crippen LogP contribution < -0.4 is 5.32 Å². The van der Waals surface area contributed by atoms with E-state index in [9.17, 15) is 0 Å². The van der Waals surface area contributed by atoms with Crippen molar-refractivity contribution in [1.29, 1.82) is 0 Å². The van der Waals surface area contributed by atoms with Crippen LogP contribution in [0.2, 0.25) is 0 Å². The van der Waals surface area contributed by atoms with Crippen molar-refractivity contribution < 1.29 is 0 Å². The predicted octanol–water partition coefficient (Wildman–Crippen LogP) is 2.14. The normalized spacial score (nSPS) is 21.1. The Kier molecular flexibility index (Phi) is 2.96. The molecule has 0 amide bonds. The van der Waals surface area contributed by atoms with E-state index in [2.05, 4.69) is 24.1 Å². The first kappa shape index (κ1) is 10.2. The van der Waals surface area contributed by atoms with E-state index in [1.54, 1.807) is 0 Å². The molecule has 0 heterocycles. The summed E-state index contributed by atoms with van der Waals surface area (Å²) in [5.74, 6) is 0.913. The summed E-state index contributed by atoms with van der Waals surface area (Å²) in [4.78, 5) is 2.35. The Morgan fingerprint density at radius 3 is 2.43 bits per heavy atom. The third-order valence-corrected chi connectivity index (χ3v) is 3.29. The van der Waals surface area contributed by atoms with Crippen LogP contribution in [0.4, 0.5) is 0 Å². The van der Waals surface area contributed by atoms with E-state index in [0.29, 0.717) is 12.1 Å². The molecule has 0 atom stereocenters. The molecular weight excluding hydrogens is 192 g/mol. The fourth-order valence-corrected chi connectivity index (χ4v) is 2.04.